The van der Waals surface area contributed by atoms with Crippen molar-refractivity contribution in [3.8, 4) is 0 Å². The van der Waals surface area contributed by atoms with Gasteiger partial charge < -0.3 is 10.0 Å². The Morgan fingerprint density at radius 3 is 2.72 bits per heavy atom. The van der Waals surface area contributed by atoms with Gasteiger partial charge in [0.15, 0.2) is 0 Å². The second-order valence-corrected chi connectivity index (χ2v) is 4.91. The molecule has 1 aliphatic heterocycles. The number of hydrogen-bond donors (Lipinski definition) is 1. The molecule has 18 heavy (non-hydrogen) atoms. The van der Waals surface area contributed by atoms with E-state index in [1.807, 2.05) is 30.3 Å². The average molecular weight is 263 g/mol. The molecule has 1 aliphatic rings. The van der Waals surface area contributed by atoms with Crippen molar-refractivity contribution in [3.63, 3.8) is 0 Å². The van der Waals surface area contributed by atoms with Crippen LogP contribution in [0.3, 0.4) is 0 Å². The van der Waals surface area contributed by atoms with Crippen molar-refractivity contribution in [3.05, 3.63) is 42.0 Å². The van der Waals surface area contributed by atoms with E-state index in [-0.39, 0.29) is 5.91 Å². The molecular weight excluding hydrogens is 250 g/mol. The van der Waals surface area contributed by atoms with Gasteiger partial charge >= 0.3 is 5.97 Å². The summed E-state index contributed by atoms with van der Waals surface area (Å²) in [5.74, 6) is -0.299. The molecule has 0 bridgehead atoms. The lowest BCUT2D eigenvalue weighted by Gasteiger charge is -2.18. The highest BCUT2D eigenvalue weighted by molar-refractivity contribution is 7.99. The second-order valence-electron chi connectivity index (χ2n) is 3.91. The van der Waals surface area contributed by atoms with E-state index in [0.29, 0.717) is 11.6 Å². The van der Waals surface area contributed by atoms with Gasteiger partial charge in [0.05, 0.1) is 5.88 Å². The zero-order valence-corrected chi connectivity index (χ0v) is 10.5. The largest absolute Gasteiger partial charge is 0.480 e. The first-order valence-corrected chi connectivity index (χ1v) is 6.68. The maximum Gasteiger partial charge on any atom is 0.327 e. The van der Waals surface area contributed by atoms with Crippen LogP contribution in [0.15, 0.2) is 36.4 Å². The van der Waals surface area contributed by atoms with Gasteiger partial charge in [0.25, 0.3) is 0 Å². The Kier molecular flexibility index (Phi) is 4.04. The number of rotatable bonds is 3. The van der Waals surface area contributed by atoms with E-state index < -0.39 is 12.0 Å². The number of thioether (sulfide) groups is 1. The molecule has 0 saturated carbocycles. The van der Waals surface area contributed by atoms with Crippen molar-refractivity contribution >= 4 is 29.7 Å². The Morgan fingerprint density at radius 1 is 1.33 bits per heavy atom. The molecule has 0 aliphatic carbocycles. The van der Waals surface area contributed by atoms with E-state index >= 15 is 0 Å². The lowest BCUT2D eigenvalue weighted by molar-refractivity contribution is -0.146. The number of carbonyl (C=O) groups excluding carboxylic acids is 1. The molecule has 94 valence electrons. The van der Waals surface area contributed by atoms with Crippen LogP contribution in [0, 0.1) is 0 Å². The Labute approximate surface area is 109 Å². The van der Waals surface area contributed by atoms with Crippen LogP contribution >= 0.6 is 11.8 Å². The molecule has 1 fully saturated rings. The van der Waals surface area contributed by atoms with Crippen LogP contribution < -0.4 is 0 Å². The molecule has 5 heteroatoms. The Hall–Kier alpha value is -1.75. The highest BCUT2D eigenvalue weighted by Crippen LogP contribution is 2.21. The summed E-state index contributed by atoms with van der Waals surface area (Å²) in [5, 5.41) is 8.99. The van der Waals surface area contributed by atoms with Crippen LogP contribution in [0.5, 0.6) is 0 Å². The SMILES string of the molecule is O=C(O)C1CSCN1C(=O)C=Cc1ccccc1. The number of nitrogens with zero attached hydrogens (tertiary/aromatic N) is 1. The maximum absolute atomic E-state index is 11.9. The lowest BCUT2D eigenvalue weighted by atomic mass is 10.2. The topological polar surface area (TPSA) is 57.6 Å². The van der Waals surface area contributed by atoms with Crippen LogP contribution in [0.1, 0.15) is 5.56 Å². The minimum absolute atomic E-state index is 0.253. The molecule has 1 atom stereocenters. The lowest BCUT2D eigenvalue weighted by Crippen LogP contribution is -2.40. The molecule has 1 saturated heterocycles. The predicted molar refractivity (Wildman–Crippen MR) is 71.1 cm³/mol. The zero-order chi connectivity index (χ0) is 13.0. The average Bonchev–Trinajstić information content (AvgIpc) is 2.86. The van der Waals surface area contributed by atoms with Gasteiger partial charge in [-0.2, -0.15) is 0 Å². The maximum atomic E-state index is 11.9. The summed E-state index contributed by atoms with van der Waals surface area (Å²) in [6.07, 6.45) is 3.13. The molecule has 0 aromatic heterocycles. The van der Waals surface area contributed by atoms with Crippen LogP contribution in [0.25, 0.3) is 6.08 Å². The first kappa shape index (κ1) is 12.7. The molecule has 1 heterocycles. The number of amides is 1. The van der Waals surface area contributed by atoms with Gasteiger partial charge in [0.2, 0.25) is 5.91 Å². The van der Waals surface area contributed by atoms with Crippen LogP contribution in [0.4, 0.5) is 0 Å². The van der Waals surface area contributed by atoms with E-state index in [0.717, 1.165) is 5.56 Å². The number of hydrogen-bond acceptors (Lipinski definition) is 3. The Balaban J connectivity index is 2.04. The van der Waals surface area contributed by atoms with E-state index in [1.54, 1.807) is 6.08 Å². The second kappa shape index (κ2) is 5.73. The van der Waals surface area contributed by atoms with Gasteiger partial charge in [-0.05, 0) is 11.6 Å². The quantitative estimate of drug-likeness (QED) is 0.843. The third-order valence-electron chi connectivity index (χ3n) is 2.67. The monoisotopic (exact) mass is 263 g/mol. The fourth-order valence-electron chi connectivity index (χ4n) is 1.69. The summed E-state index contributed by atoms with van der Waals surface area (Å²) < 4.78 is 0. The van der Waals surface area contributed by atoms with E-state index in [1.165, 1.54) is 22.7 Å². The molecular formula is C13H13NO3S. The van der Waals surface area contributed by atoms with Crippen LogP contribution in [-0.2, 0) is 9.59 Å². The van der Waals surface area contributed by atoms with Crippen molar-refractivity contribution in [2.24, 2.45) is 0 Å². The van der Waals surface area contributed by atoms with Crippen molar-refractivity contribution in [2.45, 2.75) is 6.04 Å². The number of carbonyl (C=O) groups is 2. The fraction of sp³-hybridized carbons (Fsp3) is 0.231. The minimum atomic E-state index is -0.943. The van der Waals surface area contributed by atoms with E-state index in [4.69, 9.17) is 5.11 Å². The highest BCUT2D eigenvalue weighted by Gasteiger charge is 2.33. The number of carboxylic acid groups (broad SMARTS) is 1. The summed E-state index contributed by atoms with van der Waals surface area (Å²) in [5.41, 5.74) is 0.921. The van der Waals surface area contributed by atoms with Gasteiger partial charge in [-0.15, -0.1) is 11.8 Å². The third kappa shape index (κ3) is 2.92. The zero-order valence-electron chi connectivity index (χ0n) is 9.65. The van der Waals surface area contributed by atoms with Gasteiger partial charge in [-0.1, -0.05) is 30.3 Å². The third-order valence-corrected chi connectivity index (χ3v) is 3.68. The van der Waals surface area contributed by atoms with Gasteiger partial charge in [0, 0.05) is 11.8 Å². The summed E-state index contributed by atoms with van der Waals surface area (Å²) in [7, 11) is 0. The van der Waals surface area contributed by atoms with E-state index in [9.17, 15) is 9.59 Å². The smallest absolute Gasteiger partial charge is 0.327 e. The molecule has 1 N–H and O–H groups in total. The van der Waals surface area contributed by atoms with Gasteiger partial charge in [-0.3, -0.25) is 4.79 Å². The first-order chi connectivity index (χ1) is 8.68. The first-order valence-electron chi connectivity index (χ1n) is 5.53. The standard InChI is InChI=1S/C13H13NO3S/c15-12(7-6-10-4-2-1-3-5-10)14-9-18-8-11(14)13(16)17/h1-7,11H,8-9H2,(H,16,17). The molecule has 0 spiro atoms. The molecule has 2 rings (SSSR count). The van der Waals surface area contributed by atoms with Crippen molar-refractivity contribution in [2.75, 3.05) is 11.6 Å². The Bertz CT molecular complexity index is 472. The summed E-state index contributed by atoms with van der Waals surface area (Å²) in [6, 6.07) is 8.74. The van der Waals surface area contributed by atoms with Crippen molar-refractivity contribution < 1.29 is 14.7 Å². The number of carboxylic acids is 1. The van der Waals surface area contributed by atoms with Crippen molar-refractivity contribution in [1.29, 1.82) is 0 Å². The van der Waals surface area contributed by atoms with Crippen LogP contribution in [0.2, 0.25) is 0 Å². The molecule has 4 nitrogen and oxygen atoms in total. The molecule has 0 radical (unpaired) electrons. The molecule has 1 aromatic carbocycles. The van der Waals surface area contributed by atoms with E-state index in [2.05, 4.69) is 0 Å². The number of benzene rings is 1. The van der Waals surface area contributed by atoms with Crippen LogP contribution in [-0.4, -0.2) is 39.6 Å². The normalized spacial score (nSPS) is 19.3. The molecule has 1 unspecified atom stereocenters. The predicted octanol–water partition coefficient (Wildman–Crippen LogP) is 1.69. The Morgan fingerprint density at radius 2 is 2.06 bits per heavy atom. The highest BCUT2D eigenvalue weighted by atomic mass is 32.2. The number of aliphatic carboxylic acids is 1. The minimum Gasteiger partial charge on any atom is -0.480 e. The van der Waals surface area contributed by atoms with Crippen molar-refractivity contribution in [1.82, 2.24) is 4.90 Å². The van der Waals surface area contributed by atoms with Gasteiger partial charge in [0.1, 0.15) is 6.04 Å². The molecule has 1 amide bonds. The summed E-state index contributed by atoms with van der Waals surface area (Å²) >= 11 is 1.46. The summed E-state index contributed by atoms with van der Waals surface area (Å²) in [6.45, 7) is 0. The molecule has 1 aromatic rings. The summed E-state index contributed by atoms with van der Waals surface area (Å²) in [4.78, 5) is 24.2. The van der Waals surface area contributed by atoms with Gasteiger partial charge in [-0.25, -0.2) is 4.79 Å². The fourth-order valence-corrected chi connectivity index (χ4v) is 2.85.